The van der Waals surface area contributed by atoms with E-state index in [0.29, 0.717) is 6.42 Å². The molecular weight excluding hydrogens is 180 g/mol. The van der Waals surface area contributed by atoms with Gasteiger partial charge < -0.3 is 10.1 Å². The molecule has 0 aromatic carbocycles. The molecule has 1 saturated carbocycles. The van der Waals surface area contributed by atoms with Crippen LogP contribution in [0.2, 0.25) is 0 Å². The van der Waals surface area contributed by atoms with Crippen LogP contribution in [-0.4, -0.2) is 25.7 Å². The molecular formula is C10H16N2O2. The highest BCUT2D eigenvalue weighted by Gasteiger charge is 2.42. The van der Waals surface area contributed by atoms with Crippen LogP contribution in [0.15, 0.2) is 0 Å². The number of esters is 1. The molecule has 1 unspecified atom stereocenters. The van der Waals surface area contributed by atoms with Crippen LogP contribution in [0, 0.1) is 16.7 Å². The van der Waals surface area contributed by atoms with Gasteiger partial charge in [-0.3, -0.25) is 4.79 Å². The van der Waals surface area contributed by atoms with E-state index in [4.69, 9.17) is 5.26 Å². The van der Waals surface area contributed by atoms with Crippen LogP contribution in [0.25, 0.3) is 0 Å². The molecule has 78 valence electrons. The van der Waals surface area contributed by atoms with E-state index in [2.05, 4.69) is 16.1 Å². The van der Waals surface area contributed by atoms with Crippen molar-refractivity contribution in [2.24, 2.45) is 5.41 Å². The first kappa shape index (κ1) is 11.0. The number of hydrogen-bond acceptors (Lipinski definition) is 4. The summed E-state index contributed by atoms with van der Waals surface area (Å²) in [5.74, 6) is -0.252. The molecule has 0 radical (unpaired) electrons. The molecule has 1 rings (SSSR count). The molecule has 14 heavy (non-hydrogen) atoms. The molecule has 0 heterocycles. The van der Waals surface area contributed by atoms with E-state index in [0.717, 1.165) is 19.4 Å². The first-order valence-corrected chi connectivity index (χ1v) is 4.82. The zero-order chi connectivity index (χ0) is 10.6. The van der Waals surface area contributed by atoms with E-state index >= 15 is 0 Å². The molecule has 0 spiro atoms. The van der Waals surface area contributed by atoms with Crippen molar-refractivity contribution in [1.29, 1.82) is 5.26 Å². The fraction of sp³-hybridized carbons (Fsp3) is 0.800. The van der Waals surface area contributed by atoms with Crippen LogP contribution in [0.1, 0.15) is 26.2 Å². The Hall–Kier alpha value is -1.08. The highest BCUT2D eigenvalue weighted by atomic mass is 16.5. The van der Waals surface area contributed by atoms with Gasteiger partial charge in [0, 0.05) is 13.0 Å². The van der Waals surface area contributed by atoms with E-state index in [1.54, 1.807) is 6.92 Å². The van der Waals surface area contributed by atoms with Gasteiger partial charge in [0.05, 0.1) is 13.2 Å². The summed E-state index contributed by atoms with van der Waals surface area (Å²) < 4.78 is 4.59. The number of carbonyl (C=O) groups is 1. The average Bonchev–Trinajstić information content (AvgIpc) is 2.94. The second-order valence-electron chi connectivity index (χ2n) is 3.96. The van der Waals surface area contributed by atoms with Crippen molar-refractivity contribution in [3.8, 4) is 6.07 Å². The summed E-state index contributed by atoms with van der Waals surface area (Å²) in [6, 6.07) is 1.90. The topological polar surface area (TPSA) is 62.1 Å². The summed E-state index contributed by atoms with van der Waals surface area (Å²) in [6.07, 6.45) is 2.75. The van der Waals surface area contributed by atoms with Crippen molar-refractivity contribution in [2.75, 3.05) is 13.7 Å². The lowest BCUT2D eigenvalue weighted by Crippen LogP contribution is -2.38. The van der Waals surface area contributed by atoms with Crippen LogP contribution in [0.3, 0.4) is 0 Å². The van der Waals surface area contributed by atoms with Gasteiger partial charge in [-0.2, -0.15) is 5.26 Å². The van der Waals surface area contributed by atoms with E-state index in [1.807, 2.05) is 0 Å². The number of rotatable bonds is 5. The maximum absolute atomic E-state index is 11.1. The minimum atomic E-state index is -0.281. The molecule has 4 heteroatoms. The Morgan fingerprint density at radius 1 is 1.71 bits per heavy atom. The highest BCUT2D eigenvalue weighted by molar-refractivity contribution is 5.75. The smallest absolute Gasteiger partial charge is 0.322 e. The van der Waals surface area contributed by atoms with Crippen LogP contribution >= 0.6 is 0 Å². The van der Waals surface area contributed by atoms with Crippen molar-refractivity contribution < 1.29 is 9.53 Å². The second kappa shape index (κ2) is 4.43. The van der Waals surface area contributed by atoms with Crippen molar-refractivity contribution >= 4 is 5.97 Å². The largest absolute Gasteiger partial charge is 0.468 e. The summed E-state index contributed by atoms with van der Waals surface area (Å²) in [4.78, 5) is 11.1. The molecule has 4 nitrogen and oxygen atoms in total. The third-order valence-electron chi connectivity index (χ3n) is 2.75. The predicted octanol–water partition coefficient (Wildman–Crippen LogP) is 0.831. The SMILES string of the molecule is COC(=O)C(C)NCC1(CC#N)CC1. The van der Waals surface area contributed by atoms with E-state index < -0.39 is 0 Å². The molecule has 1 fully saturated rings. The Kier molecular flexibility index (Phi) is 3.48. The number of methoxy groups -OCH3 is 1. The first-order chi connectivity index (χ1) is 6.63. The van der Waals surface area contributed by atoms with Gasteiger partial charge in [-0.25, -0.2) is 0 Å². The Labute approximate surface area is 84.2 Å². The summed E-state index contributed by atoms with van der Waals surface area (Å²) in [6.45, 7) is 2.51. The number of nitriles is 1. The van der Waals surface area contributed by atoms with Gasteiger partial charge in [-0.1, -0.05) is 0 Å². The molecule has 0 amide bonds. The van der Waals surface area contributed by atoms with Gasteiger partial charge >= 0.3 is 5.97 Å². The van der Waals surface area contributed by atoms with E-state index in [9.17, 15) is 4.79 Å². The number of carbonyl (C=O) groups excluding carboxylic acids is 1. The minimum Gasteiger partial charge on any atom is -0.468 e. The zero-order valence-electron chi connectivity index (χ0n) is 8.67. The van der Waals surface area contributed by atoms with Crippen molar-refractivity contribution in [3.05, 3.63) is 0 Å². The molecule has 0 aliphatic heterocycles. The minimum absolute atomic E-state index is 0.136. The molecule has 0 bridgehead atoms. The Balaban J connectivity index is 2.27. The van der Waals surface area contributed by atoms with Gasteiger partial charge in [0.15, 0.2) is 0 Å². The van der Waals surface area contributed by atoms with Crippen LogP contribution in [-0.2, 0) is 9.53 Å². The van der Waals surface area contributed by atoms with Gasteiger partial charge in [-0.05, 0) is 25.2 Å². The monoisotopic (exact) mass is 196 g/mol. The van der Waals surface area contributed by atoms with Crippen molar-refractivity contribution in [3.63, 3.8) is 0 Å². The fourth-order valence-electron chi connectivity index (χ4n) is 1.39. The Morgan fingerprint density at radius 3 is 2.79 bits per heavy atom. The van der Waals surface area contributed by atoms with Gasteiger partial charge in [0.2, 0.25) is 0 Å². The van der Waals surface area contributed by atoms with Gasteiger partial charge in [0.25, 0.3) is 0 Å². The molecule has 0 aromatic heterocycles. The second-order valence-corrected chi connectivity index (χ2v) is 3.96. The van der Waals surface area contributed by atoms with Crippen LogP contribution in [0.4, 0.5) is 0 Å². The summed E-state index contributed by atoms with van der Waals surface area (Å²) in [7, 11) is 1.38. The lowest BCUT2D eigenvalue weighted by Gasteiger charge is -2.16. The molecule has 0 aromatic rings. The number of nitrogens with one attached hydrogen (secondary N) is 1. The molecule has 1 N–H and O–H groups in total. The summed E-state index contributed by atoms with van der Waals surface area (Å²) in [5.41, 5.74) is 0.136. The number of hydrogen-bond donors (Lipinski definition) is 1. The van der Waals surface area contributed by atoms with Gasteiger partial charge in [0.1, 0.15) is 6.04 Å². The summed E-state index contributed by atoms with van der Waals surface area (Å²) >= 11 is 0. The quantitative estimate of drug-likeness (QED) is 0.661. The number of nitrogens with zero attached hydrogens (tertiary/aromatic N) is 1. The maximum atomic E-state index is 11.1. The van der Waals surface area contributed by atoms with Crippen molar-refractivity contribution in [1.82, 2.24) is 5.32 Å². The van der Waals surface area contributed by atoms with Gasteiger partial charge in [-0.15, -0.1) is 0 Å². The summed E-state index contributed by atoms with van der Waals surface area (Å²) in [5, 5.41) is 11.7. The van der Waals surface area contributed by atoms with Crippen LogP contribution in [0.5, 0.6) is 0 Å². The Bertz CT molecular complexity index is 253. The lowest BCUT2D eigenvalue weighted by atomic mass is 10.0. The third-order valence-corrected chi connectivity index (χ3v) is 2.75. The third kappa shape index (κ3) is 2.71. The lowest BCUT2D eigenvalue weighted by molar-refractivity contribution is -0.142. The van der Waals surface area contributed by atoms with E-state index in [-0.39, 0.29) is 17.4 Å². The Morgan fingerprint density at radius 2 is 2.36 bits per heavy atom. The van der Waals surface area contributed by atoms with E-state index in [1.165, 1.54) is 7.11 Å². The average molecular weight is 196 g/mol. The number of ether oxygens (including phenoxy) is 1. The predicted molar refractivity (Wildman–Crippen MR) is 51.4 cm³/mol. The standard InChI is InChI=1S/C10H16N2O2/c1-8(9(13)14-2)12-7-10(3-4-10)5-6-11/h8,12H,3-5,7H2,1-2H3. The van der Waals surface area contributed by atoms with Crippen molar-refractivity contribution in [2.45, 2.75) is 32.2 Å². The van der Waals surface area contributed by atoms with Crippen LogP contribution < -0.4 is 5.32 Å². The molecule has 1 atom stereocenters. The molecule has 1 aliphatic rings. The first-order valence-electron chi connectivity index (χ1n) is 4.82. The fourth-order valence-corrected chi connectivity index (χ4v) is 1.39. The highest BCUT2D eigenvalue weighted by Crippen LogP contribution is 2.47. The molecule has 0 saturated heterocycles. The zero-order valence-corrected chi connectivity index (χ0v) is 8.67. The molecule has 1 aliphatic carbocycles. The maximum Gasteiger partial charge on any atom is 0.322 e. The normalized spacial score (nSPS) is 19.5.